The highest BCUT2D eigenvalue weighted by Crippen LogP contribution is 2.42. The minimum absolute atomic E-state index is 0.158. The van der Waals surface area contributed by atoms with Gasteiger partial charge in [-0.05, 0) is 43.7 Å². The first-order chi connectivity index (χ1) is 17.6. The number of aromatic hydroxyl groups is 1. The second-order valence-electron chi connectivity index (χ2n) is 9.35. The van der Waals surface area contributed by atoms with Crippen molar-refractivity contribution in [1.82, 2.24) is 14.8 Å². The molecule has 194 valence electrons. The predicted molar refractivity (Wildman–Crippen MR) is 130 cm³/mol. The van der Waals surface area contributed by atoms with Crippen LogP contribution in [0.15, 0.2) is 48.7 Å². The van der Waals surface area contributed by atoms with Crippen molar-refractivity contribution in [3.63, 3.8) is 0 Å². The van der Waals surface area contributed by atoms with Gasteiger partial charge in [0.05, 0.1) is 11.1 Å². The Bertz CT molecular complexity index is 1430. The van der Waals surface area contributed by atoms with Gasteiger partial charge >= 0.3 is 6.18 Å². The zero-order valence-electron chi connectivity index (χ0n) is 20.1. The zero-order chi connectivity index (χ0) is 26.3. The van der Waals surface area contributed by atoms with Crippen LogP contribution in [0.25, 0.3) is 22.2 Å². The molecule has 1 aliphatic heterocycles. The fourth-order valence-electron chi connectivity index (χ4n) is 5.08. The van der Waals surface area contributed by atoms with Crippen molar-refractivity contribution in [1.29, 1.82) is 0 Å². The number of halogens is 5. The standard InChI is InChI=1S/C27H25F5N4O/c1-35-21-14-22(36-12-6-5-9-17(36)11-10-16-7-3-2-4-8-16)33-15-19(21)25(34-35)18-13-20(27(30,31)32)24(29)26(37)23(18)28/h2-4,7-8,13-15,17,37H,5-6,9-12H2,1H3. The smallest absolute Gasteiger partial charge is 0.419 e. The molecule has 0 aliphatic carbocycles. The van der Waals surface area contributed by atoms with Gasteiger partial charge in [0.1, 0.15) is 11.5 Å². The molecular weight excluding hydrogens is 491 g/mol. The number of rotatable bonds is 5. The Hall–Kier alpha value is -3.69. The number of phenols is 1. The Kier molecular flexibility index (Phi) is 6.51. The number of aryl methyl sites for hydroxylation is 2. The lowest BCUT2D eigenvalue weighted by Gasteiger charge is -2.37. The second-order valence-corrected chi connectivity index (χ2v) is 9.35. The molecule has 3 heterocycles. The molecule has 5 rings (SSSR count). The van der Waals surface area contributed by atoms with Crippen molar-refractivity contribution in [2.75, 3.05) is 11.4 Å². The molecule has 2 aromatic heterocycles. The van der Waals surface area contributed by atoms with E-state index >= 15 is 0 Å². The van der Waals surface area contributed by atoms with E-state index in [0.29, 0.717) is 22.8 Å². The van der Waals surface area contributed by atoms with Gasteiger partial charge in [-0.15, -0.1) is 0 Å². The molecule has 1 unspecified atom stereocenters. The van der Waals surface area contributed by atoms with Crippen molar-refractivity contribution in [2.24, 2.45) is 7.05 Å². The van der Waals surface area contributed by atoms with Crippen LogP contribution in [0.2, 0.25) is 0 Å². The summed E-state index contributed by atoms with van der Waals surface area (Å²) in [5.74, 6) is -4.55. The first-order valence-electron chi connectivity index (χ1n) is 12.1. The van der Waals surface area contributed by atoms with Crippen molar-refractivity contribution in [2.45, 2.75) is 44.3 Å². The van der Waals surface area contributed by atoms with Crippen LogP contribution in [0.4, 0.5) is 27.8 Å². The van der Waals surface area contributed by atoms with Crippen LogP contribution < -0.4 is 4.90 Å². The summed E-state index contributed by atoms with van der Waals surface area (Å²) in [5, 5.41) is 14.2. The van der Waals surface area contributed by atoms with Gasteiger partial charge in [-0.25, -0.2) is 13.8 Å². The van der Waals surface area contributed by atoms with E-state index in [2.05, 4.69) is 27.1 Å². The molecule has 1 saturated heterocycles. The first-order valence-corrected chi connectivity index (χ1v) is 12.1. The fraction of sp³-hybridized carbons (Fsp3) is 0.333. The number of piperidine rings is 1. The summed E-state index contributed by atoms with van der Waals surface area (Å²) in [6.07, 6.45) is 1.34. The predicted octanol–water partition coefficient (Wildman–Crippen LogP) is 6.63. The molecule has 0 bridgehead atoms. The van der Waals surface area contributed by atoms with Crippen LogP contribution in [0.3, 0.4) is 0 Å². The maximum Gasteiger partial charge on any atom is 0.419 e. The van der Waals surface area contributed by atoms with Crippen molar-refractivity contribution >= 4 is 16.7 Å². The van der Waals surface area contributed by atoms with Crippen molar-refractivity contribution < 1.29 is 27.1 Å². The Labute approximate surface area is 210 Å². The quantitative estimate of drug-likeness (QED) is 0.303. The summed E-state index contributed by atoms with van der Waals surface area (Å²) >= 11 is 0. The summed E-state index contributed by atoms with van der Waals surface area (Å²) in [6.45, 7) is 0.818. The molecule has 5 nitrogen and oxygen atoms in total. The first kappa shape index (κ1) is 25.0. The molecule has 1 fully saturated rings. The molecular formula is C27H25F5N4O. The Morgan fingerprint density at radius 1 is 1.05 bits per heavy atom. The highest BCUT2D eigenvalue weighted by atomic mass is 19.4. The monoisotopic (exact) mass is 516 g/mol. The number of aromatic nitrogens is 3. The summed E-state index contributed by atoms with van der Waals surface area (Å²) in [5.41, 5.74) is -0.779. The van der Waals surface area contributed by atoms with Crippen molar-refractivity contribution in [3.05, 3.63) is 71.4 Å². The molecule has 4 aromatic rings. The SMILES string of the molecule is Cn1nc(-c2cc(C(F)(F)F)c(F)c(O)c2F)c2cnc(N3CCCCC3CCc3ccccc3)cc21. The van der Waals surface area contributed by atoms with Gasteiger partial charge in [-0.1, -0.05) is 30.3 Å². The third kappa shape index (κ3) is 4.72. The molecule has 10 heteroatoms. The summed E-state index contributed by atoms with van der Waals surface area (Å²) < 4.78 is 70.1. The van der Waals surface area contributed by atoms with Gasteiger partial charge in [-0.2, -0.15) is 18.3 Å². The average Bonchev–Trinajstić information content (AvgIpc) is 3.21. The largest absolute Gasteiger partial charge is 0.503 e. The van der Waals surface area contributed by atoms with E-state index in [1.54, 1.807) is 13.1 Å². The highest BCUT2D eigenvalue weighted by molar-refractivity contribution is 5.94. The van der Waals surface area contributed by atoms with E-state index in [9.17, 15) is 27.1 Å². The highest BCUT2D eigenvalue weighted by Gasteiger charge is 2.38. The molecule has 0 radical (unpaired) electrons. The maximum absolute atomic E-state index is 14.8. The molecule has 0 saturated carbocycles. The Balaban J connectivity index is 1.51. The topological polar surface area (TPSA) is 54.2 Å². The minimum atomic E-state index is -5.12. The van der Waals surface area contributed by atoms with E-state index in [0.717, 1.165) is 38.6 Å². The second kappa shape index (κ2) is 9.64. The molecule has 1 aliphatic rings. The summed E-state index contributed by atoms with van der Waals surface area (Å²) in [6, 6.07) is 12.6. The number of benzene rings is 2. The van der Waals surface area contributed by atoms with Crippen LogP contribution in [0.1, 0.15) is 36.8 Å². The van der Waals surface area contributed by atoms with Crippen molar-refractivity contribution in [3.8, 4) is 17.0 Å². The molecule has 2 aromatic carbocycles. The number of pyridine rings is 1. The number of phenolic OH excluding ortho intramolecular Hbond substituents is 1. The van der Waals surface area contributed by atoms with Gasteiger partial charge in [0, 0.05) is 42.8 Å². The van der Waals surface area contributed by atoms with E-state index in [-0.39, 0.29) is 11.7 Å². The van der Waals surface area contributed by atoms with Gasteiger partial charge in [0.15, 0.2) is 17.4 Å². The number of anilines is 1. The summed E-state index contributed by atoms with van der Waals surface area (Å²) in [7, 11) is 1.59. The van der Waals surface area contributed by atoms with Gasteiger partial charge in [0.2, 0.25) is 0 Å². The normalized spacial score (nSPS) is 16.5. The van der Waals surface area contributed by atoms with E-state index in [1.807, 2.05) is 18.2 Å². The van der Waals surface area contributed by atoms with Crippen LogP contribution >= 0.6 is 0 Å². The third-order valence-electron chi connectivity index (χ3n) is 6.99. The molecule has 1 N–H and O–H groups in total. The zero-order valence-corrected chi connectivity index (χ0v) is 20.1. The number of nitrogens with zero attached hydrogens (tertiary/aromatic N) is 4. The number of hydrogen-bond donors (Lipinski definition) is 1. The summed E-state index contributed by atoms with van der Waals surface area (Å²) in [4.78, 5) is 6.81. The van der Waals surface area contributed by atoms with E-state index in [4.69, 9.17) is 0 Å². The lowest BCUT2D eigenvalue weighted by atomic mass is 9.95. The average molecular weight is 517 g/mol. The van der Waals surface area contributed by atoms with Gasteiger partial charge < -0.3 is 10.0 Å². The molecule has 0 amide bonds. The van der Waals surface area contributed by atoms with Gasteiger partial charge in [0.25, 0.3) is 0 Å². The maximum atomic E-state index is 14.8. The van der Waals surface area contributed by atoms with Crippen LogP contribution in [-0.2, 0) is 19.6 Å². The Morgan fingerprint density at radius 2 is 1.81 bits per heavy atom. The molecule has 0 spiro atoms. The number of hydrogen-bond acceptors (Lipinski definition) is 4. The minimum Gasteiger partial charge on any atom is -0.503 e. The van der Waals surface area contributed by atoms with E-state index < -0.39 is 34.7 Å². The van der Waals surface area contributed by atoms with Crippen LogP contribution in [0.5, 0.6) is 5.75 Å². The van der Waals surface area contributed by atoms with Crippen LogP contribution in [-0.4, -0.2) is 32.5 Å². The fourth-order valence-corrected chi connectivity index (χ4v) is 5.08. The number of fused-ring (bicyclic) bond motifs is 1. The van der Waals surface area contributed by atoms with E-state index in [1.165, 1.54) is 16.4 Å². The molecule has 1 atom stereocenters. The van der Waals surface area contributed by atoms with Crippen LogP contribution in [0, 0.1) is 11.6 Å². The Morgan fingerprint density at radius 3 is 2.54 bits per heavy atom. The molecule has 37 heavy (non-hydrogen) atoms. The van der Waals surface area contributed by atoms with Gasteiger partial charge in [-0.3, -0.25) is 4.68 Å². The lowest BCUT2D eigenvalue weighted by Crippen LogP contribution is -2.40. The number of alkyl halides is 3. The lowest BCUT2D eigenvalue weighted by molar-refractivity contribution is -0.140. The third-order valence-corrected chi connectivity index (χ3v) is 6.99.